The summed E-state index contributed by atoms with van der Waals surface area (Å²) >= 11 is 6.13. The molecule has 2 aromatic carbocycles. The largest absolute Gasteiger partial charge is 0.392 e. The Labute approximate surface area is 156 Å². The van der Waals surface area contributed by atoms with Crippen molar-refractivity contribution in [2.24, 2.45) is 0 Å². The molecule has 0 aliphatic carbocycles. The van der Waals surface area contributed by atoms with E-state index in [1.54, 1.807) is 6.20 Å². The van der Waals surface area contributed by atoms with Gasteiger partial charge >= 0.3 is 0 Å². The molecule has 0 bridgehead atoms. The van der Waals surface area contributed by atoms with E-state index in [0.29, 0.717) is 11.6 Å². The van der Waals surface area contributed by atoms with Gasteiger partial charge in [-0.2, -0.15) is 0 Å². The number of aliphatic hydroxyl groups excluding tert-OH is 1. The third kappa shape index (κ3) is 3.00. The lowest BCUT2D eigenvalue weighted by molar-refractivity contribution is 0.282. The number of aliphatic hydroxyl groups is 1. The molecule has 0 amide bonds. The minimum atomic E-state index is 0.0185. The summed E-state index contributed by atoms with van der Waals surface area (Å²) in [5.41, 5.74) is 3.82. The average Bonchev–Trinajstić information content (AvgIpc) is 3.25. The number of nitrogens with zero attached hydrogens (tertiary/aromatic N) is 4. The second kappa shape index (κ2) is 6.94. The molecule has 2 aromatic heterocycles. The van der Waals surface area contributed by atoms with Crippen LogP contribution in [0.1, 0.15) is 18.3 Å². The average molecular weight is 367 g/mol. The van der Waals surface area contributed by atoms with Crippen molar-refractivity contribution < 1.29 is 5.11 Å². The fraction of sp³-hybridized carbons (Fsp3) is 0.200. The number of benzene rings is 2. The summed E-state index contributed by atoms with van der Waals surface area (Å²) in [4.78, 5) is 9.29. The first-order chi connectivity index (χ1) is 12.7. The molecule has 0 saturated carbocycles. The topological polar surface area (TPSA) is 55.9 Å². The van der Waals surface area contributed by atoms with Crippen LogP contribution in [-0.2, 0) is 19.7 Å². The van der Waals surface area contributed by atoms with Crippen LogP contribution >= 0.6 is 11.6 Å². The maximum Gasteiger partial charge on any atom is 0.140 e. The van der Waals surface area contributed by atoms with Gasteiger partial charge < -0.3 is 14.2 Å². The number of imidazole rings is 2. The SMILES string of the molecule is CCn1c(Cn2ccnc2-c2cccc(Cl)c2)nc2cc(CO)ccc21. The van der Waals surface area contributed by atoms with Gasteiger partial charge in [-0.3, -0.25) is 0 Å². The second-order valence-corrected chi connectivity index (χ2v) is 6.58. The predicted octanol–water partition coefficient (Wildman–Crippen LogP) is 4.11. The molecule has 6 heteroatoms. The van der Waals surface area contributed by atoms with Crippen LogP contribution in [0.5, 0.6) is 0 Å². The monoisotopic (exact) mass is 366 g/mol. The van der Waals surface area contributed by atoms with Gasteiger partial charge in [-0.1, -0.05) is 29.8 Å². The Hall–Kier alpha value is -2.63. The van der Waals surface area contributed by atoms with Gasteiger partial charge in [-0.15, -0.1) is 0 Å². The highest BCUT2D eigenvalue weighted by molar-refractivity contribution is 6.30. The van der Waals surface area contributed by atoms with E-state index < -0.39 is 0 Å². The Balaban J connectivity index is 1.75. The van der Waals surface area contributed by atoms with Gasteiger partial charge in [0.15, 0.2) is 0 Å². The van der Waals surface area contributed by atoms with Crippen molar-refractivity contribution in [3.63, 3.8) is 0 Å². The smallest absolute Gasteiger partial charge is 0.140 e. The first-order valence-corrected chi connectivity index (χ1v) is 8.93. The highest BCUT2D eigenvalue weighted by atomic mass is 35.5. The summed E-state index contributed by atoms with van der Waals surface area (Å²) in [6, 6.07) is 13.6. The molecule has 5 nitrogen and oxygen atoms in total. The molecule has 0 saturated heterocycles. The van der Waals surface area contributed by atoms with Crippen LogP contribution in [-0.4, -0.2) is 24.2 Å². The summed E-state index contributed by atoms with van der Waals surface area (Å²) in [6.07, 6.45) is 3.74. The molecule has 26 heavy (non-hydrogen) atoms. The molecule has 0 fully saturated rings. The zero-order chi connectivity index (χ0) is 18.1. The number of hydrogen-bond donors (Lipinski definition) is 1. The van der Waals surface area contributed by atoms with E-state index in [4.69, 9.17) is 16.6 Å². The molecule has 4 rings (SSSR count). The van der Waals surface area contributed by atoms with Crippen molar-refractivity contribution in [3.05, 3.63) is 71.3 Å². The summed E-state index contributed by atoms with van der Waals surface area (Å²) in [7, 11) is 0. The Kier molecular flexibility index (Phi) is 4.49. The number of rotatable bonds is 5. The highest BCUT2D eigenvalue weighted by Gasteiger charge is 2.13. The Morgan fingerprint density at radius 2 is 2.04 bits per heavy atom. The molecule has 0 radical (unpaired) electrons. The normalized spacial score (nSPS) is 11.3. The van der Waals surface area contributed by atoms with Crippen LogP contribution in [0.4, 0.5) is 0 Å². The molecular weight excluding hydrogens is 348 g/mol. The maximum absolute atomic E-state index is 9.36. The first kappa shape index (κ1) is 16.8. The summed E-state index contributed by atoms with van der Waals surface area (Å²) in [6.45, 7) is 3.56. The number of aromatic nitrogens is 4. The van der Waals surface area contributed by atoms with E-state index in [-0.39, 0.29) is 6.61 Å². The zero-order valence-corrected chi connectivity index (χ0v) is 15.2. The van der Waals surface area contributed by atoms with E-state index in [0.717, 1.165) is 40.4 Å². The second-order valence-electron chi connectivity index (χ2n) is 6.14. The van der Waals surface area contributed by atoms with Crippen LogP contribution in [0, 0.1) is 0 Å². The Morgan fingerprint density at radius 1 is 1.15 bits per heavy atom. The van der Waals surface area contributed by atoms with Crippen molar-refractivity contribution >= 4 is 22.6 Å². The van der Waals surface area contributed by atoms with Gasteiger partial charge in [0.25, 0.3) is 0 Å². The van der Waals surface area contributed by atoms with Gasteiger partial charge in [0.05, 0.1) is 24.2 Å². The maximum atomic E-state index is 9.36. The predicted molar refractivity (Wildman–Crippen MR) is 103 cm³/mol. The standard InChI is InChI=1S/C20H19ClN4O/c1-2-25-18-7-6-14(13-26)10-17(18)23-19(25)12-24-9-8-22-20(24)15-4-3-5-16(21)11-15/h3-11,26H,2,12-13H2,1H3. The molecule has 0 aliphatic heterocycles. The quantitative estimate of drug-likeness (QED) is 0.578. The number of fused-ring (bicyclic) bond motifs is 1. The zero-order valence-electron chi connectivity index (χ0n) is 14.4. The number of halogens is 1. The molecule has 0 aliphatic rings. The van der Waals surface area contributed by atoms with E-state index in [1.165, 1.54) is 0 Å². The molecule has 132 valence electrons. The third-order valence-corrected chi connectivity index (χ3v) is 4.74. The summed E-state index contributed by atoms with van der Waals surface area (Å²) < 4.78 is 4.27. The van der Waals surface area contributed by atoms with E-state index in [1.807, 2.05) is 48.7 Å². The molecule has 0 atom stereocenters. The van der Waals surface area contributed by atoms with Crippen LogP contribution in [0.25, 0.3) is 22.4 Å². The molecule has 1 N–H and O–H groups in total. The van der Waals surface area contributed by atoms with Crippen molar-refractivity contribution in [1.29, 1.82) is 0 Å². The van der Waals surface area contributed by atoms with Gasteiger partial charge in [-0.25, -0.2) is 9.97 Å². The van der Waals surface area contributed by atoms with Crippen molar-refractivity contribution in [2.45, 2.75) is 26.6 Å². The van der Waals surface area contributed by atoms with Gasteiger partial charge in [0.2, 0.25) is 0 Å². The van der Waals surface area contributed by atoms with Gasteiger partial charge in [-0.05, 0) is 36.8 Å². The Morgan fingerprint density at radius 3 is 2.81 bits per heavy atom. The minimum absolute atomic E-state index is 0.0185. The molecule has 2 heterocycles. The molecule has 0 spiro atoms. The van der Waals surface area contributed by atoms with E-state index in [9.17, 15) is 5.11 Å². The fourth-order valence-electron chi connectivity index (χ4n) is 3.27. The summed E-state index contributed by atoms with van der Waals surface area (Å²) in [5, 5.41) is 10.1. The third-order valence-electron chi connectivity index (χ3n) is 4.50. The van der Waals surface area contributed by atoms with Gasteiger partial charge in [0, 0.05) is 29.5 Å². The summed E-state index contributed by atoms with van der Waals surface area (Å²) in [5.74, 6) is 1.82. The lowest BCUT2D eigenvalue weighted by Gasteiger charge is -2.10. The molecular formula is C20H19ClN4O. The van der Waals surface area contributed by atoms with Crippen molar-refractivity contribution in [1.82, 2.24) is 19.1 Å². The van der Waals surface area contributed by atoms with Crippen molar-refractivity contribution in [3.8, 4) is 11.4 Å². The van der Waals surface area contributed by atoms with E-state index in [2.05, 4.69) is 21.0 Å². The lowest BCUT2D eigenvalue weighted by Crippen LogP contribution is -2.08. The highest BCUT2D eigenvalue weighted by Crippen LogP contribution is 2.23. The molecule has 4 aromatic rings. The number of hydrogen-bond acceptors (Lipinski definition) is 3. The van der Waals surface area contributed by atoms with Crippen LogP contribution < -0.4 is 0 Å². The lowest BCUT2D eigenvalue weighted by atomic mass is 10.2. The van der Waals surface area contributed by atoms with Crippen LogP contribution in [0.2, 0.25) is 5.02 Å². The van der Waals surface area contributed by atoms with Crippen LogP contribution in [0.3, 0.4) is 0 Å². The van der Waals surface area contributed by atoms with Gasteiger partial charge in [0.1, 0.15) is 11.6 Å². The fourth-order valence-corrected chi connectivity index (χ4v) is 3.46. The molecule has 0 unspecified atom stereocenters. The Bertz CT molecular complexity index is 1070. The van der Waals surface area contributed by atoms with E-state index >= 15 is 0 Å². The van der Waals surface area contributed by atoms with Crippen molar-refractivity contribution in [2.75, 3.05) is 0 Å². The first-order valence-electron chi connectivity index (χ1n) is 8.55. The minimum Gasteiger partial charge on any atom is -0.392 e. The van der Waals surface area contributed by atoms with Crippen LogP contribution in [0.15, 0.2) is 54.9 Å². The number of aryl methyl sites for hydroxylation is 1.